The Bertz CT molecular complexity index is 1270. The van der Waals surface area contributed by atoms with Gasteiger partial charge in [-0.15, -0.1) is 0 Å². The molecule has 0 bridgehead atoms. The number of hydrogen-bond donors (Lipinski definition) is 0. The number of carbonyl (C=O) groups is 2. The second-order valence-electron chi connectivity index (χ2n) is 8.01. The molecule has 0 saturated carbocycles. The Kier molecular flexibility index (Phi) is 7.63. The Morgan fingerprint density at radius 1 is 0.706 bits per heavy atom. The van der Waals surface area contributed by atoms with Crippen molar-refractivity contribution < 1.29 is 28.4 Å². The van der Waals surface area contributed by atoms with E-state index in [1.807, 2.05) is 26.8 Å². The summed E-state index contributed by atoms with van der Waals surface area (Å²) in [5, 5.41) is 0.400. The highest BCUT2D eigenvalue weighted by molar-refractivity contribution is 7.71. The van der Waals surface area contributed by atoms with Crippen molar-refractivity contribution >= 4 is 24.4 Å². The van der Waals surface area contributed by atoms with Gasteiger partial charge in [-0.05, 0) is 49.9 Å². The number of methoxy groups -OCH3 is 3. The summed E-state index contributed by atoms with van der Waals surface area (Å²) < 4.78 is 29.9. The van der Waals surface area contributed by atoms with Crippen molar-refractivity contribution in [2.75, 3.05) is 21.3 Å². The predicted molar refractivity (Wildman–Crippen MR) is 134 cm³/mol. The first-order valence-corrected chi connectivity index (χ1v) is 12.2. The quantitative estimate of drug-likeness (QED) is 0.326. The van der Waals surface area contributed by atoms with Crippen molar-refractivity contribution in [3.05, 3.63) is 81.4 Å². The average Bonchev–Trinajstić information content (AvgIpc) is 2.86. The normalized spacial score (nSPS) is 11.6. The summed E-state index contributed by atoms with van der Waals surface area (Å²) in [4.78, 5) is 27.0. The SMILES string of the molecule is COc1cc(OC)c(C(=O)[PH](=O)c2c(C)c(C)c(C)c(C(=O)c3ccccc3)c2C)c(OC)c1. The maximum absolute atomic E-state index is 13.8. The van der Waals surface area contributed by atoms with Crippen molar-refractivity contribution in [1.82, 2.24) is 0 Å². The van der Waals surface area contributed by atoms with Gasteiger partial charge in [0.1, 0.15) is 22.8 Å². The van der Waals surface area contributed by atoms with Gasteiger partial charge >= 0.3 is 0 Å². The maximum Gasteiger partial charge on any atom is 0.230 e. The van der Waals surface area contributed by atoms with E-state index in [1.165, 1.54) is 21.3 Å². The topological polar surface area (TPSA) is 78.9 Å². The average molecular weight is 480 g/mol. The number of carbonyl (C=O) groups excluding carboxylic acids is 2. The first-order valence-electron chi connectivity index (χ1n) is 10.8. The zero-order valence-corrected chi connectivity index (χ0v) is 21.5. The Balaban J connectivity index is 2.22. The molecule has 3 aromatic rings. The highest BCUT2D eigenvalue weighted by Crippen LogP contribution is 2.42. The van der Waals surface area contributed by atoms with Gasteiger partial charge in [0.05, 0.1) is 21.3 Å². The zero-order chi connectivity index (χ0) is 25.2. The van der Waals surface area contributed by atoms with Gasteiger partial charge in [-0.25, -0.2) is 0 Å². The van der Waals surface area contributed by atoms with Crippen LogP contribution in [0.15, 0.2) is 42.5 Å². The van der Waals surface area contributed by atoms with Crippen molar-refractivity contribution in [2.45, 2.75) is 27.7 Å². The molecule has 0 N–H and O–H groups in total. The van der Waals surface area contributed by atoms with Crippen LogP contribution in [-0.4, -0.2) is 32.6 Å². The summed E-state index contributed by atoms with van der Waals surface area (Å²) in [5.41, 5.74) is 3.43. The lowest BCUT2D eigenvalue weighted by Crippen LogP contribution is -2.20. The number of ketones is 1. The fourth-order valence-corrected chi connectivity index (χ4v) is 5.91. The van der Waals surface area contributed by atoms with Crippen LogP contribution in [0, 0.1) is 27.7 Å². The molecular formula is C27H29O6P. The first-order chi connectivity index (χ1) is 16.2. The molecule has 0 amide bonds. The van der Waals surface area contributed by atoms with Crippen molar-refractivity contribution in [2.24, 2.45) is 0 Å². The van der Waals surface area contributed by atoms with Crippen LogP contribution in [0.25, 0.3) is 0 Å². The number of rotatable bonds is 8. The van der Waals surface area contributed by atoms with Crippen molar-refractivity contribution in [3.63, 3.8) is 0 Å². The third-order valence-electron chi connectivity index (χ3n) is 6.26. The van der Waals surface area contributed by atoms with Gasteiger partial charge in [-0.1, -0.05) is 30.3 Å². The van der Waals surface area contributed by atoms with E-state index >= 15 is 0 Å². The minimum Gasteiger partial charge on any atom is -0.496 e. The molecular weight excluding hydrogens is 451 g/mol. The summed E-state index contributed by atoms with van der Waals surface area (Å²) in [5.74, 6) is 0.694. The minimum absolute atomic E-state index is 0.0858. The number of benzene rings is 3. The highest BCUT2D eigenvalue weighted by Gasteiger charge is 2.30. The van der Waals surface area contributed by atoms with Gasteiger partial charge in [0.25, 0.3) is 0 Å². The smallest absolute Gasteiger partial charge is 0.230 e. The molecule has 3 rings (SSSR count). The maximum atomic E-state index is 13.8. The van der Waals surface area contributed by atoms with Gasteiger partial charge in [0, 0.05) is 28.6 Å². The molecule has 0 aromatic heterocycles. The molecule has 0 aliphatic carbocycles. The monoisotopic (exact) mass is 480 g/mol. The molecule has 3 aromatic carbocycles. The van der Waals surface area contributed by atoms with Crippen LogP contribution in [-0.2, 0) is 4.57 Å². The molecule has 0 aliphatic rings. The van der Waals surface area contributed by atoms with Crippen LogP contribution in [0.2, 0.25) is 0 Å². The largest absolute Gasteiger partial charge is 0.496 e. The van der Waals surface area contributed by atoms with Crippen LogP contribution in [0.3, 0.4) is 0 Å². The summed E-state index contributed by atoms with van der Waals surface area (Å²) >= 11 is 0. The van der Waals surface area contributed by atoms with Crippen LogP contribution < -0.4 is 19.5 Å². The molecule has 178 valence electrons. The molecule has 0 aliphatic heterocycles. The van der Waals surface area contributed by atoms with Crippen LogP contribution >= 0.6 is 7.80 Å². The fraction of sp³-hybridized carbons (Fsp3) is 0.259. The third-order valence-corrected chi connectivity index (χ3v) is 8.13. The van der Waals surface area contributed by atoms with E-state index in [1.54, 1.807) is 43.3 Å². The lowest BCUT2D eigenvalue weighted by molar-refractivity contribution is 0.103. The Hall–Kier alpha value is -3.37. The molecule has 7 heteroatoms. The lowest BCUT2D eigenvalue weighted by Gasteiger charge is -2.20. The van der Waals surface area contributed by atoms with E-state index in [4.69, 9.17) is 14.2 Å². The van der Waals surface area contributed by atoms with Crippen molar-refractivity contribution in [3.8, 4) is 17.2 Å². The molecule has 0 spiro atoms. The number of ether oxygens (including phenoxy) is 3. The molecule has 1 atom stereocenters. The van der Waals surface area contributed by atoms with Gasteiger partial charge in [-0.3, -0.25) is 9.59 Å². The van der Waals surface area contributed by atoms with Gasteiger partial charge < -0.3 is 18.8 Å². The Morgan fingerprint density at radius 3 is 1.76 bits per heavy atom. The molecule has 0 fully saturated rings. The van der Waals surface area contributed by atoms with E-state index in [0.717, 1.165) is 16.7 Å². The van der Waals surface area contributed by atoms with Gasteiger partial charge in [0.2, 0.25) is 5.52 Å². The standard InChI is InChI=1S/C27H29O6P/c1-15-16(2)23(25(28)19-11-9-8-10-12-19)18(4)26(17(15)3)34(30)27(29)24-21(32-6)13-20(31-5)14-22(24)33-7/h8-14,34H,1-7H3. The van der Waals surface area contributed by atoms with E-state index in [-0.39, 0.29) is 22.8 Å². The molecule has 1 unspecified atom stereocenters. The summed E-state index contributed by atoms with van der Waals surface area (Å²) in [6, 6.07) is 12.0. The highest BCUT2D eigenvalue weighted by atomic mass is 31.1. The Labute approximate surface area is 200 Å². The molecule has 34 heavy (non-hydrogen) atoms. The molecule has 6 nitrogen and oxygen atoms in total. The molecule has 0 radical (unpaired) electrons. The zero-order valence-electron chi connectivity index (χ0n) is 20.5. The summed E-state index contributed by atoms with van der Waals surface area (Å²) in [7, 11) is 1.28. The van der Waals surface area contributed by atoms with Gasteiger partial charge in [0.15, 0.2) is 13.6 Å². The fourth-order valence-electron chi connectivity index (χ4n) is 4.22. The predicted octanol–water partition coefficient (Wildman–Crippen LogP) is 5.20. The second kappa shape index (κ2) is 10.3. The van der Waals surface area contributed by atoms with E-state index < -0.39 is 13.3 Å². The van der Waals surface area contributed by atoms with Crippen LogP contribution in [0.4, 0.5) is 0 Å². The third kappa shape index (κ3) is 4.38. The van der Waals surface area contributed by atoms with Gasteiger partial charge in [-0.2, -0.15) is 0 Å². The second-order valence-corrected chi connectivity index (χ2v) is 9.62. The Morgan fingerprint density at radius 2 is 1.26 bits per heavy atom. The first kappa shape index (κ1) is 25.3. The lowest BCUT2D eigenvalue weighted by atomic mass is 9.89. The number of hydrogen-bond acceptors (Lipinski definition) is 6. The summed E-state index contributed by atoms with van der Waals surface area (Å²) in [6.07, 6.45) is 0. The minimum atomic E-state index is -3.06. The van der Waals surface area contributed by atoms with E-state index in [9.17, 15) is 14.2 Å². The van der Waals surface area contributed by atoms with E-state index in [2.05, 4.69) is 0 Å². The summed E-state index contributed by atoms with van der Waals surface area (Å²) in [6.45, 7) is 7.34. The van der Waals surface area contributed by atoms with E-state index in [0.29, 0.717) is 27.7 Å². The van der Waals surface area contributed by atoms with Crippen LogP contribution in [0.5, 0.6) is 17.2 Å². The molecule has 0 heterocycles. The van der Waals surface area contributed by atoms with Crippen molar-refractivity contribution in [1.29, 1.82) is 0 Å². The van der Waals surface area contributed by atoms with Crippen LogP contribution in [0.1, 0.15) is 48.5 Å². The molecule has 0 saturated heterocycles.